The molecule has 0 bridgehead atoms. The van der Waals surface area contributed by atoms with Crippen molar-refractivity contribution in [2.75, 3.05) is 6.61 Å². The maximum atomic E-state index is 10.1. The van der Waals surface area contributed by atoms with E-state index < -0.39 is 16.6 Å². The van der Waals surface area contributed by atoms with Gasteiger partial charge < -0.3 is 14.0 Å². The van der Waals surface area contributed by atoms with E-state index in [9.17, 15) is 5.11 Å². The maximum Gasteiger partial charge on any atom is 0.250 e. The number of aliphatic hydroxyl groups is 1. The van der Waals surface area contributed by atoms with Gasteiger partial charge in [0.25, 0.3) is 0 Å². The SMILES string of the molecule is CC(C)[Si](O[C@@H]1CCc2cc(O[Si](C)(C)C(C)(C)C)ccc2[C@@]1(C)CCO)(C(C)C)C(C)C. The number of hydrogen-bond donors (Lipinski definition) is 1. The van der Waals surface area contributed by atoms with Crippen LogP contribution >= 0.6 is 0 Å². The molecule has 0 saturated carbocycles. The van der Waals surface area contributed by atoms with Crippen LogP contribution < -0.4 is 4.43 Å². The van der Waals surface area contributed by atoms with Crippen LogP contribution in [0.3, 0.4) is 0 Å². The van der Waals surface area contributed by atoms with Crippen molar-refractivity contribution < 1.29 is 14.0 Å². The molecule has 0 unspecified atom stereocenters. The molecule has 0 aliphatic heterocycles. The van der Waals surface area contributed by atoms with Gasteiger partial charge in [0.2, 0.25) is 16.6 Å². The van der Waals surface area contributed by atoms with Crippen LogP contribution in [0.2, 0.25) is 34.8 Å². The third-order valence-corrected chi connectivity index (χ3v) is 19.4. The predicted molar refractivity (Wildman–Crippen MR) is 148 cm³/mol. The van der Waals surface area contributed by atoms with E-state index in [4.69, 9.17) is 8.85 Å². The number of rotatable bonds is 9. The second-order valence-electron chi connectivity index (χ2n) is 13.0. The summed E-state index contributed by atoms with van der Waals surface area (Å²) in [4.78, 5) is 0. The highest BCUT2D eigenvalue weighted by molar-refractivity contribution is 6.77. The molecule has 0 amide bonds. The third kappa shape index (κ3) is 5.47. The van der Waals surface area contributed by atoms with Crippen molar-refractivity contribution in [2.45, 2.75) is 135 Å². The monoisotopic (exact) mass is 492 g/mol. The second kappa shape index (κ2) is 10.2. The summed E-state index contributed by atoms with van der Waals surface area (Å²) in [5.74, 6) is 1.00. The predicted octanol–water partition coefficient (Wildman–Crippen LogP) is 8.22. The molecule has 5 heteroatoms. The first-order chi connectivity index (χ1) is 15.0. The highest BCUT2D eigenvalue weighted by Crippen LogP contribution is 2.49. The van der Waals surface area contributed by atoms with E-state index in [2.05, 4.69) is 101 Å². The van der Waals surface area contributed by atoms with E-state index in [-0.39, 0.29) is 23.2 Å². The molecule has 0 aromatic heterocycles. The minimum Gasteiger partial charge on any atom is -0.543 e. The largest absolute Gasteiger partial charge is 0.543 e. The summed E-state index contributed by atoms with van der Waals surface area (Å²) in [5, 5.41) is 10.3. The van der Waals surface area contributed by atoms with Crippen LogP contribution in [0.4, 0.5) is 0 Å². The topological polar surface area (TPSA) is 38.7 Å². The van der Waals surface area contributed by atoms with Gasteiger partial charge in [-0.25, -0.2) is 0 Å². The number of benzene rings is 1. The Morgan fingerprint density at radius 1 is 1.03 bits per heavy atom. The lowest BCUT2D eigenvalue weighted by Crippen LogP contribution is -2.55. The Kier molecular flexibility index (Phi) is 8.81. The van der Waals surface area contributed by atoms with E-state index in [0.717, 1.165) is 25.0 Å². The van der Waals surface area contributed by atoms with Crippen molar-refractivity contribution in [3.05, 3.63) is 29.3 Å². The molecule has 1 aliphatic rings. The third-order valence-electron chi connectivity index (χ3n) is 8.94. The van der Waals surface area contributed by atoms with E-state index in [0.29, 0.717) is 16.6 Å². The molecule has 0 spiro atoms. The van der Waals surface area contributed by atoms with E-state index in [1.54, 1.807) is 0 Å². The Labute approximate surface area is 206 Å². The van der Waals surface area contributed by atoms with Gasteiger partial charge in [-0.3, -0.25) is 0 Å². The van der Waals surface area contributed by atoms with Gasteiger partial charge in [0.05, 0.1) is 6.10 Å². The Morgan fingerprint density at radius 3 is 2.03 bits per heavy atom. The first-order valence-corrected chi connectivity index (χ1v) is 18.2. The van der Waals surface area contributed by atoms with Gasteiger partial charge >= 0.3 is 0 Å². The maximum absolute atomic E-state index is 10.1. The average molecular weight is 493 g/mol. The van der Waals surface area contributed by atoms with Crippen LogP contribution in [0.5, 0.6) is 5.75 Å². The van der Waals surface area contributed by atoms with Gasteiger partial charge in [-0.2, -0.15) is 0 Å². The molecule has 1 N–H and O–H groups in total. The van der Waals surface area contributed by atoms with Gasteiger partial charge in [0.1, 0.15) is 5.75 Å². The molecule has 0 heterocycles. The van der Waals surface area contributed by atoms with Gasteiger partial charge in [-0.05, 0) is 77.3 Å². The lowest BCUT2D eigenvalue weighted by Gasteiger charge is -2.51. The van der Waals surface area contributed by atoms with Gasteiger partial charge in [-0.15, -0.1) is 0 Å². The Morgan fingerprint density at radius 2 is 1.58 bits per heavy atom. The van der Waals surface area contributed by atoms with Crippen molar-refractivity contribution in [1.82, 2.24) is 0 Å². The Balaban J connectivity index is 2.47. The zero-order valence-electron chi connectivity index (χ0n) is 23.6. The molecule has 2 rings (SSSR count). The van der Waals surface area contributed by atoms with E-state index in [1.165, 1.54) is 11.1 Å². The number of aryl methyl sites for hydroxylation is 1. The van der Waals surface area contributed by atoms with Crippen molar-refractivity contribution in [3.63, 3.8) is 0 Å². The average Bonchev–Trinajstić information content (AvgIpc) is 2.65. The lowest BCUT2D eigenvalue weighted by atomic mass is 9.67. The van der Waals surface area contributed by atoms with E-state index in [1.807, 2.05) is 0 Å². The smallest absolute Gasteiger partial charge is 0.250 e. The summed E-state index contributed by atoms with van der Waals surface area (Å²) in [6.45, 7) is 28.1. The number of aliphatic hydroxyl groups excluding tert-OH is 1. The van der Waals surface area contributed by atoms with Gasteiger partial charge in [0.15, 0.2) is 0 Å². The molecule has 0 fully saturated rings. The summed E-state index contributed by atoms with van der Waals surface area (Å²) < 4.78 is 14.0. The molecular weight excluding hydrogens is 440 g/mol. The fourth-order valence-corrected chi connectivity index (χ4v) is 12.7. The number of hydrogen-bond acceptors (Lipinski definition) is 3. The minimum absolute atomic E-state index is 0.142. The summed E-state index contributed by atoms with van der Waals surface area (Å²) in [6, 6.07) is 6.71. The molecule has 33 heavy (non-hydrogen) atoms. The summed E-state index contributed by atoms with van der Waals surface area (Å²) in [5.41, 5.74) is 4.18. The van der Waals surface area contributed by atoms with Crippen LogP contribution in [0.1, 0.15) is 93.2 Å². The van der Waals surface area contributed by atoms with Gasteiger partial charge in [0, 0.05) is 12.0 Å². The summed E-state index contributed by atoms with van der Waals surface area (Å²) in [7, 11) is -3.90. The molecule has 1 aliphatic carbocycles. The van der Waals surface area contributed by atoms with Crippen molar-refractivity contribution >= 4 is 16.6 Å². The highest BCUT2D eigenvalue weighted by Gasteiger charge is 2.51. The second-order valence-corrected chi connectivity index (χ2v) is 23.2. The van der Waals surface area contributed by atoms with Crippen LogP contribution in [0.25, 0.3) is 0 Å². The summed E-state index contributed by atoms with van der Waals surface area (Å²) in [6.07, 6.45) is 2.89. The minimum atomic E-state index is -2.02. The molecule has 1 aromatic rings. The van der Waals surface area contributed by atoms with Crippen LogP contribution in [-0.2, 0) is 16.3 Å². The Hall–Kier alpha value is -0.626. The molecular formula is C28H52O3Si2. The lowest BCUT2D eigenvalue weighted by molar-refractivity contribution is 0.0614. The van der Waals surface area contributed by atoms with Crippen LogP contribution in [0, 0.1) is 0 Å². The standard InChI is InChI=1S/C28H52O3Si2/c1-20(2)33(21(3)4,22(5)6)31-26-16-13-23-19-24(30-32(11,12)27(7,8)9)14-15-25(23)28(26,10)17-18-29/h14-15,19-22,26,29H,13,16-18H2,1-12H3/t26-,28-/m1/s1. The van der Waals surface area contributed by atoms with Crippen molar-refractivity contribution in [2.24, 2.45) is 0 Å². The molecule has 0 radical (unpaired) electrons. The van der Waals surface area contributed by atoms with E-state index >= 15 is 0 Å². The zero-order chi connectivity index (χ0) is 25.4. The fraction of sp³-hybridized carbons (Fsp3) is 0.786. The molecule has 1 aromatic carbocycles. The molecule has 3 nitrogen and oxygen atoms in total. The number of fused-ring (bicyclic) bond motifs is 1. The highest BCUT2D eigenvalue weighted by atomic mass is 28.4. The first-order valence-electron chi connectivity index (χ1n) is 13.1. The zero-order valence-corrected chi connectivity index (χ0v) is 25.6. The fourth-order valence-electron chi connectivity index (χ4n) is 6.00. The normalized spacial score (nSPS) is 22.2. The van der Waals surface area contributed by atoms with Crippen molar-refractivity contribution in [1.29, 1.82) is 0 Å². The van der Waals surface area contributed by atoms with Crippen LogP contribution in [0.15, 0.2) is 18.2 Å². The first kappa shape index (κ1) is 28.6. The Bertz CT molecular complexity index is 773. The van der Waals surface area contributed by atoms with Crippen molar-refractivity contribution in [3.8, 4) is 5.75 Å². The quantitative estimate of drug-likeness (QED) is 0.353. The molecule has 2 atom stereocenters. The summed E-state index contributed by atoms with van der Waals surface area (Å²) >= 11 is 0. The van der Waals surface area contributed by atoms with Gasteiger partial charge in [-0.1, -0.05) is 75.3 Å². The molecule has 0 saturated heterocycles. The molecule has 190 valence electrons. The van der Waals surface area contributed by atoms with Crippen LogP contribution in [-0.4, -0.2) is 34.5 Å².